The van der Waals surface area contributed by atoms with E-state index in [-0.39, 0.29) is 11.4 Å². The van der Waals surface area contributed by atoms with E-state index in [1.165, 1.54) is 19.2 Å². The van der Waals surface area contributed by atoms with E-state index in [4.69, 9.17) is 0 Å². The number of rotatable bonds is 5. The van der Waals surface area contributed by atoms with Gasteiger partial charge in [-0.05, 0) is 48.9 Å². The molecule has 3 rings (SSSR count). The van der Waals surface area contributed by atoms with Crippen LogP contribution in [-0.4, -0.2) is 24.0 Å². The molecule has 10 heteroatoms. The fourth-order valence-electron chi connectivity index (χ4n) is 2.57. The minimum Gasteiger partial charge on any atom is -0.284 e. The minimum absolute atomic E-state index is 0.0814. The Kier molecular flexibility index (Phi) is 5.47. The van der Waals surface area contributed by atoms with Gasteiger partial charge >= 0.3 is 6.18 Å². The molecule has 0 spiro atoms. The lowest BCUT2D eigenvalue weighted by atomic mass is 10.1. The Labute approximate surface area is 164 Å². The van der Waals surface area contributed by atoms with Crippen molar-refractivity contribution in [3.05, 3.63) is 76.7 Å². The van der Waals surface area contributed by atoms with Crippen molar-refractivity contribution < 1.29 is 21.6 Å². The molecule has 0 aliphatic heterocycles. The predicted molar refractivity (Wildman–Crippen MR) is 103 cm³/mol. The SMILES string of the molecule is CCS(=O)(=O)Nc1cccc(-c2cnn(-c3ccc(C(F)(F)F)cc3)c(=O)c2)c1. The minimum atomic E-state index is -4.47. The van der Waals surface area contributed by atoms with Crippen molar-refractivity contribution >= 4 is 15.7 Å². The maximum Gasteiger partial charge on any atom is 0.416 e. The molecule has 0 fully saturated rings. The van der Waals surface area contributed by atoms with Gasteiger partial charge < -0.3 is 0 Å². The summed E-state index contributed by atoms with van der Waals surface area (Å²) in [4.78, 5) is 12.4. The van der Waals surface area contributed by atoms with Gasteiger partial charge in [-0.15, -0.1) is 0 Å². The monoisotopic (exact) mass is 423 g/mol. The van der Waals surface area contributed by atoms with Crippen LogP contribution < -0.4 is 10.3 Å². The molecule has 1 aromatic heterocycles. The number of nitrogens with one attached hydrogen (secondary N) is 1. The van der Waals surface area contributed by atoms with Gasteiger partial charge in [0.15, 0.2) is 0 Å². The van der Waals surface area contributed by atoms with Gasteiger partial charge in [-0.3, -0.25) is 9.52 Å². The highest BCUT2D eigenvalue weighted by Gasteiger charge is 2.30. The summed E-state index contributed by atoms with van der Waals surface area (Å²) in [6.45, 7) is 1.51. The second-order valence-corrected chi connectivity index (χ2v) is 8.14. The molecule has 29 heavy (non-hydrogen) atoms. The van der Waals surface area contributed by atoms with Gasteiger partial charge in [0.25, 0.3) is 5.56 Å². The third kappa shape index (κ3) is 4.83. The van der Waals surface area contributed by atoms with E-state index in [1.54, 1.807) is 24.3 Å². The molecule has 0 atom stereocenters. The highest BCUT2D eigenvalue weighted by Crippen LogP contribution is 2.29. The Morgan fingerprint density at radius 1 is 1.03 bits per heavy atom. The Balaban J connectivity index is 1.91. The number of benzene rings is 2. The predicted octanol–water partition coefficient (Wildman–Crippen LogP) is 3.68. The number of nitrogens with zero attached hydrogens (tertiary/aromatic N) is 2. The number of sulfonamides is 1. The smallest absolute Gasteiger partial charge is 0.284 e. The molecule has 1 N–H and O–H groups in total. The van der Waals surface area contributed by atoms with Crippen LogP contribution >= 0.6 is 0 Å². The third-order valence-electron chi connectivity index (χ3n) is 4.09. The summed E-state index contributed by atoms with van der Waals surface area (Å²) in [5.41, 5.74) is 0.176. The van der Waals surface area contributed by atoms with Gasteiger partial charge in [-0.25, -0.2) is 8.42 Å². The number of halogens is 3. The van der Waals surface area contributed by atoms with Crippen LogP contribution in [0, 0.1) is 0 Å². The van der Waals surface area contributed by atoms with Crippen molar-refractivity contribution in [3.63, 3.8) is 0 Å². The quantitative estimate of drug-likeness (QED) is 0.679. The fourth-order valence-corrected chi connectivity index (χ4v) is 3.20. The average molecular weight is 423 g/mol. The Morgan fingerprint density at radius 2 is 1.72 bits per heavy atom. The lowest BCUT2D eigenvalue weighted by molar-refractivity contribution is -0.137. The van der Waals surface area contributed by atoms with Crippen LogP contribution in [-0.2, 0) is 16.2 Å². The summed E-state index contributed by atoms with van der Waals surface area (Å²) in [6.07, 6.45) is -3.09. The van der Waals surface area contributed by atoms with Crippen molar-refractivity contribution in [3.8, 4) is 16.8 Å². The number of hydrogen-bond acceptors (Lipinski definition) is 4. The van der Waals surface area contributed by atoms with Crippen LogP contribution in [0.25, 0.3) is 16.8 Å². The van der Waals surface area contributed by atoms with Crippen LogP contribution in [0.5, 0.6) is 0 Å². The average Bonchev–Trinajstić information content (AvgIpc) is 2.67. The van der Waals surface area contributed by atoms with Crippen LogP contribution in [0.15, 0.2) is 65.6 Å². The summed E-state index contributed by atoms with van der Waals surface area (Å²) >= 11 is 0. The normalized spacial score (nSPS) is 12.0. The lowest BCUT2D eigenvalue weighted by Crippen LogP contribution is -2.20. The van der Waals surface area contributed by atoms with E-state index in [0.717, 1.165) is 28.9 Å². The molecular weight excluding hydrogens is 407 g/mol. The molecule has 0 bridgehead atoms. The van der Waals surface area contributed by atoms with Gasteiger partial charge in [-0.2, -0.15) is 23.0 Å². The lowest BCUT2D eigenvalue weighted by Gasteiger charge is -2.10. The second kappa shape index (κ2) is 7.70. The van der Waals surface area contributed by atoms with E-state index in [2.05, 4.69) is 9.82 Å². The molecule has 2 aromatic carbocycles. The molecule has 1 heterocycles. The highest BCUT2D eigenvalue weighted by atomic mass is 32.2. The van der Waals surface area contributed by atoms with Crippen molar-refractivity contribution in [1.29, 1.82) is 0 Å². The molecule has 0 radical (unpaired) electrons. The fraction of sp³-hybridized carbons (Fsp3) is 0.158. The highest BCUT2D eigenvalue weighted by molar-refractivity contribution is 7.92. The van der Waals surface area contributed by atoms with Gasteiger partial charge in [0.2, 0.25) is 10.0 Å². The summed E-state index contributed by atoms with van der Waals surface area (Å²) in [5.74, 6) is -0.0814. The van der Waals surface area contributed by atoms with E-state index in [1.807, 2.05) is 0 Å². The summed E-state index contributed by atoms with van der Waals surface area (Å²) < 4.78 is 64.8. The molecule has 0 aliphatic carbocycles. The summed E-state index contributed by atoms with van der Waals surface area (Å²) in [7, 11) is -3.45. The molecule has 152 valence electrons. The molecule has 0 aliphatic rings. The molecular formula is C19H16F3N3O3S. The van der Waals surface area contributed by atoms with Crippen molar-refractivity contribution in [2.45, 2.75) is 13.1 Å². The Hall–Kier alpha value is -3.14. The number of anilines is 1. The Morgan fingerprint density at radius 3 is 2.31 bits per heavy atom. The first-order valence-electron chi connectivity index (χ1n) is 8.47. The zero-order valence-electron chi connectivity index (χ0n) is 15.1. The van der Waals surface area contributed by atoms with Crippen LogP contribution in [0.1, 0.15) is 12.5 Å². The van der Waals surface area contributed by atoms with Crippen LogP contribution in [0.3, 0.4) is 0 Å². The molecule has 0 unspecified atom stereocenters. The van der Waals surface area contributed by atoms with Gasteiger partial charge in [0, 0.05) is 17.3 Å². The molecule has 6 nitrogen and oxygen atoms in total. The van der Waals surface area contributed by atoms with E-state index >= 15 is 0 Å². The maximum absolute atomic E-state index is 12.7. The van der Waals surface area contributed by atoms with Crippen LogP contribution in [0.2, 0.25) is 0 Å². The zero-order chi connectivity index (χ0) is 21.2. The van der Waals surface area contributed by atoms with Gasteiger partial charge in [0.1, 0.15) is 0 Å². The topological polar surface area (TPSA) is 81.1 Å². The third-order valence-corrected chi connectivity index (χ3v) is 5.40. The first-order chi connectivity index (χ1) is 13.6. The molecule has 0 saturated carbocycles. The number of aromatic nitrogens is 2. The van der Waals surface area contributed by atoms with Crippen molar-refractivity contribution in [1.82, 2.24) is 9.78 Å². The van der Waals surface area contributed by atoms with Gasteiger partial charge in [-0.1, -0.05) is 12.1 Å². The maximum atomic E-state index is 12.7. The van der Waals surface area contributed by atoms with Crippen molar-refractivity contribution in [2.75, 3.05) is 10.5 Å². The standard InChI is InChI=1S/C19H16F3N3O3S/c1-2-29(27,28)24-16-5-3-4-13(10-16)14-11-18(26)25(23-12-14)17-8-6-15(7-9-17)19(20,21)22/h3-12,24H,2H2,1H3. The number of hydrogen-bond donors (Lipinski definition) is 1. The van der Waals surface area contributed by atoms with Gasteiger partial charge in [0.05, 0.1) is 23.2 Å². The first-order valence-corrected chi connectivity index (χ1v) is 10.1. The molecule has 0 amide bonds. The molecule has 3 aromatic rings. The van der Waals surface area contributed by atoms with Crippen molar-refractivity contribution in [2.24, 2.45) is 0 Å². The summed E-state index contributed by atoms with van der Waals surface area (Å²) in [5, 5.41) is 4.02. The van der Waals surface area contributed by atoms with E-state index < -0.39 is 27.3 Å². The number of alkyl halides is 3. The first kappa shape index (κ1) is 20.6. The van der Waals surface area contributed by atoms with E-state index in [9.17, 15) is 26.4 Å². The van der Waals surface area contributed by atoms with E-state index in [0.29, 0.717) is 16.8 Å². The van der Waals surface area contributed by atoms with Crippen LogP contribution in [0.4, 0.5) is 18.9 Å². The Bertz CT molecular complexity index is 1190. The second-order valence-electron chi connectivity index (χ2n) is 6.13. The largest absolute Gasteiger partial charge is 0.416 e. The molecule has 0 saturated heterocycles. The zero-order valence-corrected chi connectivity index (χ0v) is 16.0. The summed E-state index contributed by atoms with van der Waals surface area (Å²) in [6, 6.07) is 11.8.